The molecule has 216 valence electrons. The van der Waals surface area contributed by atoms with Crippen molar-refractivity contribution in [2.45, 2.75) is 53.0 Å². The van der Waals surface area contributed by atoms with Crippen LogP contribution in [0.15, 0.2) is 33.9 Å². The second kappa shape index (κ2) is 25.6. The van der Waals surface area contributed by atoms with E-state index in [0.717, 1.165) is 57.5 Å². The average Bonchev–Trinajstić information content (AvgIpc) is 3.20. The van der Waals surface area contributed by atoms with E-state index < -0.39 is 0 Å². The molecule has 2 N–H and O–H groups in total. The van der Waals surface area contributed by atoms with Crippen LogP contribution in [0.2, 0.25) is 0 Å². The summed E-state index contributed by atoms with van der Waals surface area (Å²) in [6.45, 7) is 11.2. The number of ether oxygens (including phenoxy) is 3. The fraction of sp³-hybridized carbons (Fsp3) is 0.571. The van der Waals surface area contributed by atoms with Crippen LogP contribution >= 0.6 is 0 Å². The first-order chi connectivity index (χ1) is 18.4. The number of hydrogen-bond acceptors (Lipinski definition) is 9. The molecule has 3 rings (SSSR count). The van der Waals surface area contributed by atoms with Crippen LogP contribution in [0, 0.1) is 0 Å². The third-order valence-electron chi connectivity index (χ3n) is 5.02. The van der Waals surface area contributed by atoms with Crippen molar-refractivity contribution < 1.29 is 28.2 Å². The predicted molar refractivity (Wildman–Crippen MR) is 155 cm³/mol. The van der Waals surface area contributed by atoms with E-state index in [-0.39, 0.29) is 5.76 Å². The maximum Gasteiger partial charge on any atom is 0.209 e. The van der Waals surface area contributed by atoms with Gasteiger partial charge in [-0.05, 0) is 45.2 Å². The number of carbonyl (C=O) groups excluding carboxylic acids is 2. The molecule has 0 saturated carbocycles. The van der Waals surface area contributed by atoms with Crippen LogP contribution < -0.4 is 5.73 Å². The van der Waals surface area contributed by atoms with Gasteiger partial charge in [0.1, 0.15) is 0 Å². The predicted octanol–water partition coefficient (Wildman–Crippen LogP) is 4.62. The van der Waals surface area contributed by atoms with E-state index in [2.05, 4.69) is 19.5 Å². The molecule has 0 radical (unpaired) electrons. The number of furan rings is 1. The molecule has 0 bridgehead atoms. The first kappa shape index (κ1) is 37.1. The van der Waals surface area contributed by atoms with Gasteiger partial charge in [-0.2, -0.15) is 0 Å². The van der Waals surface area contributed by atoms with Crippen molar-refractivity contribution in [1.29, 1.82) is 0 Å². The molecular formula is C28H48N4O6. The van der Waals surface area contributed by atoms with Crippen LogP contribution in [0.4, 0.5) is 0 Å². The quantitative estimate of drug-likeness (QED) is 0.401. The summed E-state index contributed by atoms with van der Waals surface area (Å²) in [5.41, 5.74) is 7.46. The van der Waals surface area contributed by atoms with Crippen molar-refractivity contribution in [3.05, 3.63) is 36.0 Å². The third kappa shape index (κ3) is 15.9. The monoisotopic (exact) mass is 536 g/mol. The summed E-state index contributed by atoms with van der Waals surface area (Å²) < 4.78 is 19.6. The molecule has 3 heterocycles. The second-order valence-corrected chi connectivity index (χ2v) is 7.51. The van der Waals surface area contributed by atoms with Crippen LogP contribution in [0.5, 0.6) is 0 Å². The number of nitrogens with zero attached hydrogens (tertiary/aromatic N) is 3. The molecule has 10 nitrogen and oxygen atoms in total. The minimum Gasteiger partial charge on any atom is -0.452 e. The van der Waals surface area contributed by atoms with Crippen LogP contribution in [0.25, 0.3) is 16.5 Å². The zero-order chi connectivity index (χ0) is 29.2. The van der Waals surface area contributed by atoms with E-state index in [1.54, 1.807) is 50.7 Å². The number of aromatic nitrogens is 1. The van der Waals surface area contributed by atoms with Crippen LogP contribution in [-0.4, -0.2) is 89.6 Å². The molecule has 10 heteroatoms. The highest BCUT2D eigenvalue weighted by Gasteiger charge is 2.15. The molecular weight excluding hydrogens is 488 g/mol. The van der Waals surface area contributed by atoms with Crippen molar-refractivity contribution in [3.8, 4) is 0 Å². The van der Waals surface area contributed by atoms with Crippen molar-refractivity contribution in [3.63, 3.8) is 0 Å². The Hall–Kier alpha value is -3.08. The third-order valence-corrected chi connectivity index (χ3v) is 5.02. The van der Waals surface area contributed by atoms with Gasteiger partial charge < -0.3 is 29.3 Å². The Balaban J connectivity index is 0. The van der Waals surface area contributed by atoms with Gasteiger partial charge in [0.15, 0.2) is 17.6 Å². The normalized spacial score (nSPS) is 14.7. The molecule has 2 aromatic rings. The summed E-state index contributed by atoms with van der Waals surface area (Å²) in [5.74, 6) is 0.279. The molecule has 1 aliphatic heterocycles. The SMILES string of the molecule is CC.CCOC.CCOC.CN(C=O)C1CCCOCC1.CN=C/C(=C\N)c1cc2cc(C=O)oc2cn1. The highest BCUT2D eigenvalue weighted by molar-refractivity contribution is 6.09. The first-order valence-corrected chi connectivity index (χ1v) is 12.9. The fourth-order valence-electron chi connectivity index (χ4n) is 2.90. The number of fused-ring (bicyclic) bond motifs is 1. The number of methoxy groups -OCH3 is 2. The topological polar surface area (TPSA) is 129 Å². The molecule has 38 heavy (non-hydrogen) atoms. The molecule has 1 atom stereocenters. The smallest absolute Gasteiger partial charge is 0.209 e. The van der Waals surface area contributed by atoms with E-state index in [4.69, 9.17) is 14.9 Å². The Bertz CT molecular complexity index is 898. The van der Waals surface area contributed by atoms with E-state index >= 15 is 0 Å². The molecule has 0 spiro atoms. The number of nitrogens with two attached hydrogens (primary N) is 1. The van der Waals surface area contributed by atoms with E-state index in [0.29, 0.717) is 29.2 Å². The Morgan fingerprint density at radius 3 is 2.29 bits per heavy atom. The molecule has 0 aliphatic carbocycles. The summed E-state index contributed by atoms with van der Waals surface area (Å²) in [6.07, 6.45) is 9.30. The minimum absolute atomic E-state index is 0.279. The molecule has 2 aromatic heterocycles. The number of amides is 1. The van der Waals surface area contributed by atoms with Crippen molar-refractivity contribution in [2.24, 2.45) is 10.7 Å². The number of aldehydes is 1. The highest BCUT2D eigenvalue weighted by atomic mass is 16.5. The molecule has 1 aliphatic rings. The van der Waals surface area contributed by atoms with Crippen LogP contribution in [0.1, 0.15) is 63.2 Å². The van der Waals surface area contributed by atoms with Gasteiger partial charge in [-0.1, -0.05) is 13.8 Å². The van der Waals surface area contributed by atoms with Gasteiger partial charge in [0.25, 0.3) is 0 Å². The van der Waals surface area contributed by atoms with Crippen molar-refractivity contribution >= 4 is 35.5 Å². The maximum atomic E-state index is 10.6. The van der Waals surface area contributed by atoms with Gasteiger partial charge in [-0.3, -0.25) is 19.6 Å². The Kier molecular flexibility index (Phi) is 24.9. The van der Waals surface area contributed by atoms with E-state index in [9.17, 15) is 9.59 Å². The summed E-state index contributed by atoms with van der Waals surface area (Å²) in [5, 5.41) is 0.806. The Morgan fingerprint density at radius 2 is 1.79 bits per heavy atom. The zero-order valence-electron chi connectivity index (χ0n) is 24.4. The second-order valence-electron chi connectivity index (χ2n) is 7.51. The van der Waals surface area contributed by atoms with Gasteiger partial charge in [-0.25, -0.2) is 0 Å². The zero-order valence-corrected chi connectivity index (χ0v) is 24.4. The minimum atomic E-state index is 0.279. The molecule has 1 saturated heterocycles. The van der Waals surface area contributed by atoms with Gasteiger partial charge in [0.05, 0.1) is 11.9 Å². The Morgan fingerprint density at radius 1 is 1.16 bits per heavy atom. The van der Waals surface area contributed by atoms with Crippen LogP contribution in [0.3, 0.4) is 0 Å². The van der Waals surface area contributed by atoms with Crippen LogP contribution in [-0.2, 0) is 19.0 Å². The standard InChI is InChI=1S/C12H11N3O2.C8H15NO2.2C3H8O.C2H6/c1-14-5-9(4-13)11-3-8-2-10(7-16)17-12(8)6-15-11;1-9(7-10)8-3-2-5-11-6-4-8;2*1-3-4-2;1-2/h2-7H,13H2,1H3;7-8H,2-6H2,1H3;2*3H2,1-2H3;1-2H3/b9-4+,14-5?;;;;. The summed E-state index contributed by atoms with van der Waals surface area (Å²) in [6, 6.07) is 3.85. The van der Waals surface area contributed by atoms with E-state index in [1.807, 2.05) is 34.7 Å². The summed E-state index contributed by atoms with van der Waals surface area (Å²) >= 11 is 0. The molecule has 1 fully saturated rings. The van der Waals surface area contributed by atoms with Gasteiger partial charge in [0, 0.05) is 84.2 Å². The summed E-state index contributed by atoms with van der Waals surface area (Å²) in [7, 11) is 6.85. The van der Waals surface area contributed by atoms with Gasteiger partial charge in [-0.15, -0.1) is 0 Å². The lowest BCUT2D eigenvalue weighted by Crippen LogP contribution is -2.30. The molecule has 1 amide bonds. The number of pyridine rings is 1. The number of rotatable bonds is 7. The van der Waals surface area contributed by atoms with Crippen molar-refractivity contribution in [1.82, 2.24) is 9.88 Å². The number of aliphatic imine (C=N–C) groups is 1. The fourth-order valence-corrected chi connectivity index (χ4v) is 2.90. The van der Waals surface area contributed by atoms with Gasteiger partial charge >= 0.3 is 0 Å². The average molecular weight is 537 g/mol. The number of hydrogen-bond donors (Lipinski definition) is 1. The molecule has 0 aromatic carbocycles. The Labute approximate surface area is 228 Å². The lowest BCUT2D eigenvalue weighted by atomic mass is 10.1. The van der Waals surface area contributed by atoms with E-state index in [1.165, 1.54) is 6.20 Å². The molecule has 1 unspecified atom stereocenters. The lowest BCUT2D eigenvalue weighted by molar-refractivity contribution is -0.119. The highest BCUT2D eigenvalue weighted by Crippen LogP contribution is 2.20. The maximum absolute atomic E-state index is 10.6. The summed E-state index contributed by atoms with van der Waals surface area (Å²) in [4.78, 5) is 30.8. The van der Waals surface area contributed by atoms with Gasteiger partial charge in [0.2, 0.25) is 6.41 Å². The first-order valence-electron chi connectivity index (χ1n) is 12.9. The van der Waals surface area contributed by atoms with Crippen molar-refractivity contribution in [2.75, 3.05) is 54.7 Å². The largest absolute Gasteiger partial charge is 0.452 e. The number of allylic oxidation sites excluding steroid dienone is 1. The number of carbonyl (C=O) groups is 2. The lowest BCUT2D eigenvalue weighted by Gasteiger charge is -2.21.